The molecule has 0 unspecified atom stereocenters. The number of nitrogens with one attached hydrogen (secondary N) is 2. The maximum absolute atomic E-state index is 13.6. The van der Waals surface area contributed by atoms with E-state index < -0.39 is 17.5 Å². The highest BCUT2D eigenvalue weighted by Crippen LogP contribution is 2.27. The predicted octanol–water partition coefficient (Wildman–Crippen LogP) is 3.16. The van der Waals surface area contributed by atoms with E-state index in [1.54, 1.807) is 25.3 Å². The number of carbonyl (C=O) groups excluding carboxylic acids is 1. The van der Waals surface area contributed by atoms with Gasteiger partial charge < -0.3 is 20.1 Å². The third kappa shape index (κ3) is 5.45. The van der Waals surface area contributed by atoms with Gasteiger partial charge in [0.15, 0.2) is 11.5 Å². The standard InChI is InChI=1S/C20H19F2N3O3/c1-27-18-6-3-13(9-19(18)28-2)7-8-24-20(26)14(11-23)12-25-17-5-4-15(21)10-16(17)22/h3-6,9-10,12,25H,7-8H2,1-2H3,(H,24,26)/b14-12-. The van der Waals surface area contributed by atoms with E-state index in [4.69, 9.17) is 14.7 Å². The highest BCUT2D eigenvalue weighted by molar-refractivity contribution is 5.97. The molecule has 2 aromatic rings. The lowest BCUT2D eigenvalue weighted by Gasteiger charge is -2.10. The van der Waals surface area contributed by atoms with Crippen LogP contribution in [0.3, 0.4) is 0 Å². The number of hydrogen-bond acceptors (Lipinski definition) is 5. The van der Waals surface area contributed by atoms with Crippen LogP contribution in [0.2, 0.25) is 0 Å². The molecule has 0 aromatic heterocycles. The molecule has 0 aliphatic rings. The minimum Gasteiger partial charge on any atom is -0.493 e. The lowest BCUT2D eigenvalue weighted by Crippen LogP contribution is -2.27. The number of nitrogens with zero attached hydrogens (tertiary/aromatic N) is 1. The number of anilines is 1. The smallest absolute Gasteiger partial charge is 0.263 e. The van der Waals surface area contributed by atoms with Crippen LogP contribution in [-0.4, -0.2) is 26.7 Å². The van der Waals surface area contributed by atoms with Gasteiger partial charge in [-0.2, -0.15) is 5.26 Å². The maximum atomic E-state index is 13.6. The zero-order valence-corrected chi connectivity index (χ0v) is 15.4. The van der Waals surface area contributed by atoms with Crippen molar-refractivity contribution < 1.29 is 23.0 Å². The average Bonchev–Trinajstić information content (AvgIpc) is 2.69. The highest BCUT2D eigenvalue weighted by atomic mass is 19.1. The molecule has 0 fully saturated rings. The SMILES string of the molecule is COc1ccc(CCNC(=O)/C(C#N)=C\Nc2ccc(F)cc2F)cc1OC. The van der Waals surface area contributed by atoms with Gasteiger partial charge in [0.05, 0.1) is 19.9 Å². The zero-order chi connectivity index (χ0) is 20.5. The van der Waals surface area contributed by atoms with Crippen molar-refractivity contribution >= 4 is 11.6 Å². The van der Waals surface area contributed by atoms with Gasteiger partial charge in [-0.25, -0.2) is 8.78 Å². The minimum absolute atomic E-state index is 0.0488. The summed E-state index contributed by atoms with van der Waals surface area (Å²) in [5.41, 5.74) is 0.621. The van der Waals surface area contributed by atoms with E-state index in [-0.39, 0.29) is 17.8 Å². The number of carbonyl (C=O) groups is 1. The van der Waals surface area contributed by atoms with Crippen LogP contribution in [0.5, 0.6) is 11.5 Å². The van der Waals surface area contributed by atoms with Gasteiger partial charge in [0.25, 0.3) is 5.91 Å². The molecule has 1 amide bonds. The Morgan fingerprint density at radius 2 is 1.89 bits per heavy atom. The molecule has 0 spiro atoms. The van der Waals surface area contributed by atoms with E-state index in [0.29, 0.717) is 24.0 Å². The molecule has 0 saturated carbocycles. The molecule has 2 N–H and O–H groups in total. The highest BCUT2D eigenvalue weighted by Gasteiger charge is 2.10. The molecule has 0 heterocycles. The normalized spacial score (nSPS) is 10.8. The second-order valence-corrected chi connectivity index (χ2v) is 5.63. The summed E-state index contributed by atoms with van der Waals surface area (Å²) in [4.78, 5) is 12.1. The number of benzene rings is 2. The molecule has 0 saturated heterocycles. The summed E-state index contributed by atoms with van der Waals surface area (Å²) < 4.78 is 36.9. The first-order valence-corrected chi connectivity index (χ1v) is 8.29. The van der Waals surface area contributed by atoms with E-state index in [9.17, 15) is 13.6 Å². The summed E-state index contributed by atoms with van der Waals surface area (Å²) in [5, 5.41) is 14.2. The van der Waals surface area contributed by atoms with Crippen molar-refractivity contribution in [3.8, 4) is 17.6 Å². The topological polar surface area (TPSA) is 83.4 Å². The number of ether oxygens (including phenoxy) is 2. The van der Waals surface area contributed by atoms with Crippen LogP contribution in [0.1, 0.15) is 5.56 Å². The van der Waals surface area contributed by atoms with Gasteiger partial charge in [-0.15, -0.1) is 0 Å². The van der Waals surface area contributed by atoms with Gasteiger partial charge in [-0.3, -0.25) is 4.79 Å². The number of amides is 1. The minimum atomic E-state index is -0.831. The van der Waals surface area contributed by atoms with Crippen LogP contribution in [0, 0.1) is 23.0 Å². The van der Waals surface area contributed by atoms with Crippen LogP contribution in [-0.2, 0) is 11.2 Å². The van der Waals surface area contributed by atoms with Crippen molar-refractivity contribution in [1.29, 1.82) is 5.26 Å². The van der Waals surface area contributed by atoms with Crippen LogP contribution >= 0.6 is 0 Å². The fourth-order valence-electron chi connectivity index (χ4n) is 2.36. The number of rotatable bonds is 8. The molecule has 146 valence electrons. The van der Waals surface area contributed by atoms with Crippen molar-refractivity contribution in [2.24, 2.45) is 0 Å². The first-order chi connectivity index (χ1) is 13.5. The molecule has 2 rings (SSSR count). The largest absolute Gasteiger partial charge is 0.493 e. The van der Waals surface area contributed by atoms with Gasteiger partial charge in [0.1, 0.15) is 23.3 Å². The zero-order valence-electron chi connectivity index (χ0n) is 15.4. The Balaban J connectivity index is 1.94. The van der Waals surface area contributed by atoms with Crippen LogP contribution in [0.15, 0.2) is 48.2 Å². The Kier molecular flexibility index (Phi) is 7.34. The maximum Gasteiger partial charge on any atom is 0.263 e. The Bertz CT molecular complexity index is 923. The lowest BCUT2D eigenvalue weighted by atomic mass is 10.1. The second-order valence-electron chi connectivity index (χ2n) is 5.63. The Morgan fingerprint density at radius 1 is 1.14 bits per heavy atom. The van der Waals surface area contributed by atoms with Gasteiger partial charge in [0, 0.05) is 18.8 Å². The van der Waals surface area contributed by atoms with Gasteiger partial charge in [-0.05, 0) is 36.2 Å². The molecule has 0 bridgehead atoms. The van der Waals surface area contributed by atoms with Crippen molar-refractivity contribution in [2.75, 3.05) is 26.1 Å². The first kappa shape index (κ1) is 20.7. The van der Waals surface area contributed by atoms with Gasteiger partial charge in [0.2, 0.25) is 0 Å². The van der Waals surface area contributed by atoms with Gasteiger partial charge >= 0.3 is 0 Å². The number of halogens is 2. The quantitative estimate of drug-likeness (QED) is 0.537. The molecular weight excluding hydrogens is 368 g/mol. The molecule has 6 nitrogen and oxygen atoms in total. The summed E-state index contributed by atoms with van der Waals surface area (Å²) >= 11 is 0. The number of hydrogen-bond donors (Lipinski definition) is 2. The molecule has 28 heavy (non-hydrogen) atoms. The molecular formula is C20H19F2N3O3. The average molecular weight is 387 g/mol. The van der Waals surface area contributed by atoms with E-state index in [0.717, 1.165) is 17.8 Å². The van der Waals surface area contributed by atoms with Crippen LogP contribution < -0.4 is 20.1 Å². The van der Waals surface area contributed by atoms with Gasteiger partial charge in [-0.1, -0.05) is 6.07 Å². The summed E-state index contributed by atoms with van der Waals surface area (Å²) in [6, 6.07) is 10.1. The fraction of sp³-hybridized carbons (Fsp3) is 0.200. The van der Waals surface area contributed by atoms with Crippen molar-refractivity contribution in [1.82, 2.24) is 5.32 Å². The second kappa shape index (κ2) is 9.92. The molecule has 8 heteroatoms. The fourth-order valence-corrected chi connectivity index (χ4v) is 2.36. The van der Waals surface area contributed by atoms with E-state index in [2.05, 4.69) is 10.6 Å². The molecule has 0 aliphatic carbocycles. The molecule has 0 atom stereocenters. The van der Waals surface area contributed by atoms with Crippen LogP contribution in [0.25, 0.3) is 0 Å². The first-order valence-electron chi connectivity index (χ1n) is 8.29. The Hall–Kier alpha value is -3.60. The van der Waals surface area contributed by atoms with E-state index >= 15 is 0 Å². The van der Waals surface area contributed by atoms with Crippen molar-refractivity contribution in [3.05, 3.63) is 65.4 Å². The summed E-state index contributed by atoms with van der Waals surface area (Å²) in [5.74, 6) is -0.987. The predicted molar refractivity (Wildman–Crippen MR) is 99.9 cm³/mol. The lowest BCUT2D eigenvalue weighted by molar-refractivity contribution is -0.117. The molecule has 0 aliphatic heterocycles. The Labute approximate surface area is 161 Å². The van der Waals surface area contributed by atoms with E-state index in [1.165, 1.54) is 13.2 Å². The molecule has 2 aromatic carbocycles. The third-order valence-electron chi connectivity index (χ3n) is 3.82. The number of nitriles is 1. The third-order valence-corrected chi connectivity index (χ3v) is 3.82. The summed E-state index contributed by atoms with van der Waals surface area (Å²) in [7, 11) is 3.07. The monoisotopic (exact) mass is 387 g/mol. The van der Waals surface area contributed by atoms with E-state index in [1.807, 2.05) is 6.07 Å². The summed E-state index contributed by atoms with van der Waals surface area (Å²) in [6.45, 7) is 0.276. The number of methoxy groups -OCH3 is 2. The van der Waals surface area contributed by atoms with Crippen LogP contribution in [0.4, 0.5) is 14.5 Å². The summed E-state index contributed by atoms with van der Waals surface area (Å²) in [6.07, 6.45) is 1.58. The van der Waals surface area contributed by atoms with Crippen molar-refractivity contribution in [3.63, 3.8) is 0 Å². The van der Waals surface area contributed by atoms with Crippen molar-refractivity contribution in [2.45, 2.75) is 6.42 Å². The molecule has 0 radical (unpaired) electrons. The Morgan fingerprint density at radius 3 is 2.54 bits per heavy atom.